The Morgan fingerprint density at radius 2 is 1.90 bits per heavy atom. The zero-order valence-electron chi connectivity index (χ0n) is 12.1. The lowest BCUT2D eigenvalue weighted by molar-refractivity contribution is 0.0613. The van der Waals surface area contributed by atoms with Gasteiger partial charge in [0, 0.05) is 19.6 Å². The van der Waals surface area contributed by atoms with Crippen LogP contribution in [-0.2, 0) is 4.74 Å². The number of nitrogens with one attached hydrogen (secondary N) is 1. The van der Waals surface area contributed by atoms with E-state index in [1.807, 2.05) is 4.90 Å². The summed E-state index contributed by atoms with van der Waals surface area (Å²) in [5.41, 5.74) is 5.11. The van der Waals surface area contributed by atoms with Gasteiger partial charge in [0.15, 0.2) is 0 Å². The Bertz CT molecular complexity index is 486. The van der Waals surface area contributed by atoms with Gasteiger partial charge in [-0.05, 0) is 12.8 Å². The Morgan fingerprint density at radius 3 is 2.62 bits per heavy atom. The van der Waals surface area contributed by atoms with Gasteiger partial charge in [-0.3, -0.25) is 0 Å². The minimum Gasteiger partial charge on any atom is -0.388 e. The van der Waals surface area contributed by atoms with Crippen molar-refractivity contribution in [2.24, 2.45) is 0 Å². The third kappa shape index (κ3) is 3.51. The van der Waals surface area contributed by atoms with Crippen molar-refractivity contribution in [1.82, 2.24) is 15.0 Å². The van der Waals surface area contributed by atoms with E-state index >= 15 is 0 Å². The van der Waals surface area contributed by atoms with Crippen LogP contribution in [0.4, 0.5) is 17.8 Å². The van der Waals surface area contributed by atoms with E-state index in [9.17, 15) is 5.11 Å². The molecule has 0 aromatic carbocycles. The van der Waals surface area contributed by atoms with Crippen LogP contribution >= 0.6 is 0 Å². The smallest absolute Gasteiger partial charge is 0.232 e. The van der Waals surface area contributed by atoms with Crippen molar-refractivity contribution in [1.29, 1.82) is 0 Å². The highest BCUT2D eigenvalue weighted by Crippen LogP contribution is 2.29. The van der Waals surface area contributed by atoms with Gasteiger partial charge < -0.3 is 25.8 Å². The predicted molar refractivity (Wildman–Crippen MR) is 79.2 cm³/mol. The van der Waals surface area contributed by atoms with Crippen molar-refractivity contribution in [2.45, 2.75) is 31.3 Å². The zero-order chi connectivity index (χ0) is 14.7. The first-order chi connectivity index (χ1) is 10.1. The van der Waals surface area contributed by atoms with Crippen molar-refractivity contribution in [3.63, 3.8) is 0 Å². The second-order valence-corrected chi connectivity index (χ2v) is 5.70. The number of nitrogen functional groups attached to an aromatic ring is 1. The van der Waals surface area contributed by atoms with Crippen LogP contribution in [0.1, 0.15) is 25.7 Å². The molecule has 1 saturated heterocycles. The summed E-state index contributed by atoms with van der Waals surface area (Å²) >= 11 is 0. The SMILES string of the molecule is Nc1nc(NCC2(O)CCCC2)nc(N2CCOCC2)n1. The molecule has 1 aromatic heterocycles. The first kappa shape index (κ1) is 14.3. The fraction of sp³-hybridized carbons (Fsp3) is 0.769. The minimum atomic E-state index is -0.652. The zero-order valence-corrected chi connectivity index (χ0v) is 12.1. The number of hydrogen-bond acceptors (Lipinski definition) is 8. The molecule has 0 unspecified atom stereocenters. The lowest BCUT2D eigenvalue weighted by atomic mass is 10.0. The Kier molecular flexibility index (Phi) is 4.07. The topological polar surface area (TPSA) is 109 Å². The average Bonchev–Trinajstić information content (AvgIpc) is 2.93. The molecule has 116 valence electrons. The summed E-state index contributed by atoms with van der Waals surface area (Å²) in [5, 5.41) is 13.4. The van der Waals surface area contributed by atoms with E-state index in [0.29, 0.717) is 31.7 Å². The van der Waals surface area contributed by atoms with Crippen molar-refractivity contribution in [3.05, 3.63) is 0 Å². The van der Waals surface area contributed by atoms with Crippen LogP contribution in [0, 0.1) is 0 Å². The second kappa shape index (κ2) is 5.98. The van der Waals surface area contributed by atoms with Gasteiger partial charge in [-0.2, -0.15) is 15.0 Å². The summed E-state index contributed by atoms with van der Waals surface area (Å²) in [5.74, 6) is 1.17. The van der Waals surface area contributed by atoms with Gasteiger partial charge in [0.05, 0.1) is 18.8 Å². The molecular formula is C13H22N6O2. The van der Waals surface area contributed by atoms with Crippen LogP contribution in [0.3, 0.4) is 0 Å². The molecule has 1 aromatic rings. The molecule has 4 N–H and O–H groups in total. The van der Waals surface area contributed by atoms with Crippen LogP contribution in [0.2, 0.25) is 0 Å². The van der Waals surface area contributed by atoms with E-state index < -0.39 is 5.60 Å². The van der Waals surface area contributed by atoms with E-state index in [0.717, 1.165) is 38.8 Å². The molecule has 0 atom stereocenters. The Morgan fingerprint density at radius 1 is 1.19 bits per heavy atom. The predicted octanol–water partition coefficient (Wildman–Crippen LogP) is 0.00740. The van der Waals surface area contributed by atoms with Crippen LogP contribution < -0.4 is 16.0 Å². The number of rotatable bonds is 4. The van der Waals surface area contributed by atoms with Crippen LogP contribution in [-0.4, -0.2) is 58.5 Å². The average molecular weight is 294 g/mol. The maximum atomic E-state index is 10.3. The van der Waals surface area contributed by atoms with E-state index in [-0.39, 0.29) is 5.95 Å². The fourth-order valence-electron chi connectivity index (χ4n) is 2.82. The Labute approximate surface area is 123 Å². The molecule has 8 heteroatoms. The summed E-state index contributed by atoms with van der Waals surface area (Å²) in [6.45, 7) is 3.25. The van der Waals surface area contributed by atoms with Crippen molar-refractivity contribution in [3.8, 4) is 0 Å². The van der Waals surface area contributed by atoms with Gasteiger partial charge in [0.25, 0.3) is 0 Å². The Balaban J connectivity index is 1.68. The lowest BCUT2D eigenvalue weighted by Crippen LogP contribution is -2.38. The first-order valence-electron chi connectivity index (χ1n) is 7.45. The largest absolute Gasteiger partial charge is 0.388 e. The number of hydrogen-bond donors (Lipinski definition) is 3. The van der Waals surface area contributed by atoms with E-state index in [2.05, 4.69) is 20.3 Å². The molecule has 21 heavy (non-hydrogen) atoms. The number of nitrogens with zero attached hydrogens (tertiary/aromatic N) is 4. The third-order valence-electron chi connectivity index (χ3n) is 4.04. The summed E-state index contributed by atoms with van der Waals surface area (Å²) in [4.78, 5) is 14.7. The molecule has 1 saturated carbocycles. The van der Waals surface area contributed by atoms with Crippen molar-refractivity contribution >= 4 is 17.8 Å². The van der Waals surface area contributed by atoms with Crippen molar-refractivity contribution in [2.75, 3.05) is 48.8 Å². The molecule has 0 spiro atoms. The van der Waals surface area contributed by atoms with Gasteiger partial charge in [-0.25, -0.2) is 0 Å². The maximum Gasteiger partial charge on any atom is 0.232 e. The van der Waals surface area contributed by atoms with Gasteiger partial charge in [0.2, 0.25) is 17.8 Å². The van der Waals surface area contributed by atoms with Gasteiger partial charge in [-0.1, -0.05) is 12.8 Å². The maximum absolute atomic E-state index is 10.3. The number of morpholine rings is 1. The molecule has 8 nitrogen and oxygen atoms in total. The highest BCUT2D eigenvalue weighted by Gasteiger charge is 2.31. The van der Waals surface area contributed by atoms with Gasteiger partial charge >= 0.3 is 0 Å². The molecule has 2 heterocycles. The highest BCUT2D eigenvalue weighted by molar-refractivity contribution is 5.42. The molecule has 3 rings (SSSR count). The molecule has 0 bridgehead atoms. The first-order valence-corrected chi connectivity index (χ1v) is 7.45. The van der Waals surface area contributed by atoms with E-state index in [1.165, 1.54) is 0 Å². The minimum absolute atomic E-state index is 0.187. The standard InChI is InChI=1S/C13H22N6O2/c14-10-16-11(15-9-13(20)3-1-2-4-13)18-12(17-10)19-5-7-21-8-6-19/h20H,1-9H2,(H3,14,15,16,17,18). The highest BCUT2D eigenvalue weighted by atomic mass is 16.5. The summed E-state index contributed by atoms with van der Waals surface area (Å²) < 4.78 is 5.32. The van der Waals surface area contributed by atoms with E-state index in [1.54, 1.807) is 0 Å². The number of nitrogens with two attached hydrogens (primary N) is 1. The number of anilines is 3. The van der Waals surface area contributed by atoms with Gasteiger partial charge in [0.1, 0.15) is 0 Å². The Hall–Kier alpha value is -1.67. The molecule has 1 aliphatic heterocycles. The lowest BCUT2D eigenvalue weighted by Gasteiger charge is -2.27. The van der Waals surface area contributed by atoms with Crippen molar-refractivity contribution < 1.29 is 9.84 Å². The van der Waals surface area contributed by atoms with Crippen LogP contribution in [0.25, 0.3) is 0 Å². The summed E-state index contributed by atoms with van der Waals surface area (Å²) in [6.07, 6.45) is 3.76. The van der Waals surface area contributed by atoms with Crippen LogP contribution in [0.5, 0.6) is 0 Å². The fourth-order valence-corrected chi connectivity index (χ4v) is 2.82. The summed E-state index contributed by atoms with van der Waals surface area (Å²) in [6, 6.07) is 0. The van der Waals surface area contributed by atoms with Crippen LogP contribution in [0.15, 0.2) is 0 Å². The monoisotopic (exact) mass is 294 g/mol. The van der Waals surface area contributed by atoms with E-state index in [4.69, 9.17) is 10.5 Å². The summed E-state index contributed by atoms with van der Waals surface area (Å²) in [7, 11) is 0. The second-order valence-electron chi connectivity index (χ2n) is 5.70. The quantitative estimate of drug-likeness (QED) is 0.712. The normalized spacial score (nSPS) is 21.5. The molecule has 1 aliphatic carbocycles. The molecule has 2 aliphatic rings. The number of ether oxygens (including phenoxy) is 1. The molecular weight excluding hydrogens is 272 g/mol. The number of aromatic nitrogens is 3. The third-order valence-corrected chi connectivity index (χ3v) is 4.04. The molecule has 2 fully saturated rings. The van der Waals surface area contributed by atoms with Gasteiger partial charge in [-0.15, -0.1) is 0 Å². The number of aliphatic hydroxyl groups is 1. The molecule has 0 amide bonds. The molecule has 0 radical (unpaired) electrons.